The van der Waals surface area contributed by atoms with Gasteiger partial charge in [-0.25, -0.2) is 4.79 Å². The molecule has 1 unspecified atom stereocenters. The molecule has 2 aromatic rings. The number of piperazine rings is 1. The van der Waals surface area contributed by atoms with Gasteiger partial charge < -0.3 is 20.2 Å². The number of amides is 2. The molecule has 1 saturated carbocycles. The summed E-state index contributed by atoms with van der Waals surface area (Å²) in [4.78, 5) is 17.0. The number of hydrogen-bond donors (Lipinski definition) is 2. The van der Waals surface area contributed by atoms with Gasteiger partial charge in [0.1, 0.15) is 5.75 Å². The molecule has 2 aliphatic rings. The predicted molar refractivity (Wildman–Crippen MR) is 107 cm³/mol. The lowest BCUT2D eigenvalue weighted by atomic mass is 9.77. The van der Waals surface area contributed by atoms with Crippen molar-refractivity contribution in [1.82, 2.24) is 10.2 Å². The number of hydrogen-bond acceptors (Lipinski definition) is 3. The molecular formula is C22H27N3O2. The molecule has 1 heterocycles. The number of phenols is 1. The van der Waals surface area contributed by atoms with Gasteiger partial charge in [-0.2, -0.15) is 0 Å². The van der Waals surface area contributed by atoms with Crippen LogP contribution in [0.15, 0.2) is 54.6 Å². The van der Waals surface area contributed by atoms with Crippen LogP contribution in [0.4, 0.5) is 10.5 Å². The molecule has 27 heavy (non-hydrogen) atoms. The van der Waals surface area contributed by atoms with Crippen molar-refractivity contribution in [2.75, 3.05) is 31.1 Å². The minimum atomic E-state index is 0.0336. The van der Waals surface area contributed by atoms with Gasteiger partial charge in [-0.05, 0) is 36.5 Å². The number of carbonyl (C=O) groups excluding carboxylic acids is 1. The van der Waals surface area contributed by atoms with Gasteiger partial charge >= 0.3 is 6.03 Å². The third-order valence-corrected chi connectivity index (χ3v) is 5.82. The fourth-order valence-corrected chi connectivity index (χ4v) is 3.99. The molecule has 0 radical (unpaired) electrons. The van der Waals surface area contributed by atoms with Crippen LogP contribution in [0.3, 0.4) is 0 Å². The van der Waals surface area contributed by atoms with Crippen LogP contribution in [0.25, 0.3) is 0 Å². The van der Waals surface area contributed by atoms with Gasteiger partial charge in [0.15, 0.2) is 0 Å². The molecule has 1 saturated heterocycles. The maximum absolute atomic E-state index is 12.9. The minimum Gasteiger partial charge on any atom is -0.508 e. The van der Waals surface area contributed by atoms with Crippen LogP contribution in [0.2, 0.25) is 0 Å². The fourth-order valence-electron chi connectivity index (χ4n) is 3.99. The summed E-state index contributed by atoms with van der Waals surface area (Å²) in [5.41, 5.74) is 2.21. The Kier molecular flexibility index (Phi) is 5.19. The van der Waals surface area contributed by atoms with Crippen LogP contribution in [0.5, 0.6) is 5.75 Å². The molecule has 142 valence electrons. The first kappa shape index (κ1) is 17.7. The summed E-state index contributed by atoms with van der Waals surface area (Å²) in [6.45, 7) is 2.92. The third kappa shape index (κ3) is 4.02. The van der Waals surface area contributed by atoms with Gasteiger partial charge in [0.25, 0.3) is 0 Å². The van der Waals surface area contributed by atoms with Crippen molar-refractivity contribution in [3.63, 3.8) is 0 Å². The summed E-state index contributed by atoms with van der Waals surface area (Å²) in [6, 6.07) is 17.8. The Hall–Kier alpha value is -2.69. The summed E-state index contributed by atoms with van der Waals surface area (Å²) in [5, 5.41) is 13.0. The highest BCUT2D eigenvalue weighted by Crippen LogP contribution is 2.37. The molecule has 0 bridgehead atoms. The van der Waals surface area contributed by atoms with E-state index in [4.69, 9.17) is 0 Å². The molecule has 5 heteroatoms. The van der Waals surface area contributed by atoms with Crippen LogP contribution in [-0.4, -0.2) is 42.2 Å². The van der Waals surface area contributed by atoms with Crippen molar-refractivity contribution in [2.45, 2.75) is 25.3 Å². The largest absolute Gasteiger partial charge is 0.508 e. The molecule has 1 aliphatic carbocycles. The van der Waals surface area contributed by atoms with E-state index in [1.54, 1.807) is 12.1 Å². The molecule has 2 aromatic carbocycles. The van der Waals surface area contributed by atoms with Crippen molar-refractivity contribution in [1.29, 1.82) is 0 Å². The maximum atomic E-state index is 12.9. The number of carbonyl (C=O) groups is 1. The van der Waals surface area contributed by atoms with E-state index in [-0.39, 0.29) is 17.8 Å². The molecule has 0 spiro atoms. The van der Waals surface area contributed by atoms with Crippen LogP contribution in [0.1, 0.15) is 30.9 Å². The Balaban J connectivity index is 1.37. The zero-order chi connectivity index (χ0) is 18.6. The number of rotatable bonds is 4. The molecule has 4 rings (SSSR count). The number of anilines is 1. The first-order chi connectivity index (χ1) is 13.2. The molecule has 1 atom stereocenters. The van der Waals surface area contributed by atoms with Gasteiger partial charge in [-0.3, -0.25) is 0 Å². The van der Waals surface area contributed by atoms with E-state index in [2.05, 4.69) is 22.3 Å². The number of nitrogens with one attached hydrogen (secondary N) is 1. The molecule has 2 amide bonds. The first-order valence-corrected chi connectivity index (χ1v) is 9.85. The van der Waals surface area contributed by atoms with Gasteiger partial charge in [0.05, 0.1) is 6.04 Å². The van der Waals surface area contributed by atoms with Crippen molar-refractivity contribution in [2.24, 2.45) is 5.92 Å². The lowest BCUT2D eigenvalue weighted by Crippen LogP contribution is -2.53. The number of phenolic OH excluding ortho intramolecular Hbond substituents is 1. The Morgan fingerprint density at radius 2 is 1.74 bits per heavy atom. The first-order valence-electron chi connectivity index (χ1n) is 9.85. The predicted octanol–water partition coefficient (Wildman–Crippen LogP) is 3.77. The summed E-state index contributed by atoms with van der Waals surface area (Å²) in [6.07, 6.45) is 3.63. The van der Waals surface area contributed by atoms with Gasteiger partial charge in [-0.15, -0.1) is 0 Å². The van der Waals surface area contributed by atoms with E-state index in [1.165, 1.54) is 24.8 Å². The van der Waals surface area contributed by atoms with Crippen molar-refractivity contribution in [3.05, 3.63) is 60.2 Å². The van der Waals surface area contributed by atoms with Crippen LogP contribution < -0.4 is 10.2 Å². The second-order valence-electron chi connectivity index (χ2n) is 7.52. The zero-order valence-electron chi connectivity index (χ0n) is 15.6. The topological polar surface area (TPSA) is 55.8 Å². The van der Waals surface area contributed by atoms with E-state index >= 15 is 0 Å². The minimum absolute atomic E-state index is 0.0336. The van der Waals surface area contributed by atoms with Crippen LogP contribution in [-0.2, 0) is 0 Å². The Labute approximate surface area is 160 Å². The smallest absolute Gasteiger partial charge is 0.318 e. The number of benzene rings is 2. The fraction of sp³-hybridized carbons (Fsp3) is 0.409. The van der Waals surface area contributed by atoms with E-state index < -0.39 is 0 Å². The van der Waals surface area contributed by atoms with Crippen molar-refractivity contribution >= 4 is 11.7 Å². The highest BCUT2D eigenvalue weighted by molar-refractivity contribution is 5.75. The number of urea groups is 1. The Bertz CT molecular complexity index is 768. The molecule has 5 nitrogen and oxygen atoms in total. The quantitative estimate of drug-likeness (QED) is 0.867. The standard InChI is InChI=1S/C22H27N3O2/c26-20-11-5-10-19(16-20)24-12-14-25(15-13-24)22(27)23-21(18-8-4-9-18)17-6-2-1-3-7-17/h1-3,5-7,10-11,16,18,21,26H,4,8-9,12-15H2,(H,23,27). The van der Waals surface area contributed by atoms with Gasteiger partial charge in [0.2, 0.25) is 0 Å². The summed E-state index contributed by atoms with van der Waals surface area (Å²) >= 11 is 0. The molecule has 2 fully saturated rings. The van der Waals surface area contributed by atoms with Gasteiger partial charge in [-0.1, -0.05) is 42.8 Å². The SMILES string of the molecule is O=C(NC(c1ccccc1)C1CCC1)N1CCN(c2cccc(O)c2)CC1. The average Bonchev–Trinajstić information content (AvgIpc) is 2.67. The zero-order valence-corrected chi connectivity index (χ0v) is 15.6. The highest BCUT2D eigenvalue weighted by atomic mass is 16.3. The molecular weight excluding hydrogens is 338 g/mol. The van der Waals surface area contributed by atoms with E-state index in [0.29, 0.717) is 19.0 Å². The molecule has 1 aliphatic heterocycles. The molecule has 0 aromatic heterocycles. The van der Waals surface area contributed by atoms with E-state index in [9.17, 15) is 9.90 Å². The van der Waals surface area contributed by atoms with E-state index in [1.807, 2.05) is 35.2 Å². The van der Waals surface area contributed by atoms with Crippen molar-refractivity contribution < 1.29 is 9.90 Å². The van der Waals surface area contributed by atoms with Gasteiger partial charge in [0, 0.05) is 37.9 Å². The summed E-state index contributed by atoms with van der Waals surface area (Å²) in [7, 11) is 0. The second kappa shape index (κ2) is 7.91. The monoisotopic (exact) mass is 365 g/mol. The lowest BCUT2D eigenvalue weighted by molar-refractivity contribution is 0.172. The maximum Gasteiger partial charge on any atom is 0.318 e. The number of nitrogens with zero attached hydrogens (tertiary/aromatic N) is 2. The summed E-state index contributed by atoms with van der Waals surface area (Å²) < 4.78 is 0. The number of aromatic hydroxyl groups is 1. The second-order valence-corrected chi connectivity index (χ2v) is 7.52. The normalized spacial score (nSPS) is 18.7. The Morgan fingerprint density at radius 1 is 1.00 bits per heavy atom. The summed E-state index contributed by atoms with van der Waals surface area (Å²) in [5.74, 6) is 0.823. The lowest BCUT2D eigenvalue weighted by Gasteiger charge is -2.39. The Morgan fingerprint density at radius 3 is 2.37 bits per heavy atom. The third-order valence-electron chi connectivity index (χ3n) is 5.82. The van der Waals surface area contributed by atoms with Crippen LogP contribution in [0, 0.1) is 5.92 Å². The highest BCUT2D eigenvalue weighted by Gasteiger charge is 2.31. The molecule has 2 N–H and O–H groups in total. The van der Waals surface area contributed by atoms with Crippen molar-refractivity contribution in [3.8, 4) is 5.75 Å². The van der Waals surface area contributed by atoms with Crippen LogP contribution >= 0.6 is 0 Å². The van der Waals surface area contributed by atoms with E-state index in [0.717, 1.165) is 18.8 Å². The average molecular weight is 365 g/mol.